The third-order valence-electron chi connectivity index (χ3n) is 3.32. The van der Waals surface area contributed by atoms with Gasteiger partial charge in [-0.2, -0.15) is 0 Å². The van der Waals surface area contributed by atoms with Crippen LogP contribution < -0.4 is 4.74 Å². The van der Waals surface area contributed by atoms with Crippen molar-refractivity contribution >= 4 is 27.5 Å². The normalized spacial score (nSPS) is 10.4. The van der Waals surface area contributed by atoms with Crippen molar-refractivity contribution in [2.75, 3.05) is 6.61 Å². The van der Waals surface area contributed by atoms with Crippen LogP contribution in [-0.2, 0) is 0 Å². The molecule has 0 aliphatic heterocycles. The molecule has 0 aliphatic rings. The van der Waals surface area contributed by atoms with Gasteiger partial charge in [-0.15, -0.1) is 0 Å². The van der Waals surface area contributed by atoms with Crippen LogP contribution in [0.15, 0.2) is 40.9 Å². The van der Waals surface area contributed by atoms with Crippen LogP contribution in [0, 0.1) is 6.92 Å². The molecule has 0 saturated carbocycles. The number of carbonyl (C=O) groups is 2. The summed E-state index contributed by atoms with van der Waals surface area (Å²) in [7, 11) is 0. The molecule has 0 unspecified atom stereocenters. The van der Waals surface area contributed by atoms with Crippen LogP contribution in [0.5, 0.6) is 11.5 Å². The summed E-state index contributed by atoms with van der Waals surface area (Å²) in [6.45, 7) is 4.07. The molecule has 0 fully saturated rings. The molecule has 1 N–H and O–H groups in total. The van der Waals surface area contributed by atoms with Gasteiger partial charge in [0.1, 0.15) is 11.5 Å². The standard InChI is InChI=1S/C18H17BrO4/c1-3-23-18-7-5-12(19)9-14(18)17(22)10-16(21)13-8-11(2)4-6-15(13)20/h4-9,20H,3,10H2,1-2H3. The molecule has 0 saturated heterocycles. The number of Topliss-reactive ketones (excluding diaryl/α,β-unsaturated/α-hetero) is 2. The minimum Gasteiger partial charge on any atom is -0.507 e. The minimum atomic E-state index is -0.418. The van der Waals surface area contributed by atoms with Crippen molar-refractivity contribution in [2.24, 2.45) is 0 Å². The molecule has 0 aliphatic carbocycles. The number of halogens is 1. The molecule has 2 aromatic carbocycles. The monoisotopic (exact) mass is 376 g/mol. The molecule has 4 nitrogen and oxygen atoms in total. The van der Waals surface area contributed by atoms with E-state index in [0.717, 1.165) is 10.0 Å². The van der Waals surface area contributed by atoms with Crippen LogP contribution in [0.2, 0.25) is 0 Å². The van der Waals surface area contributed by atoms with Crippen LogP contribution in [0.25, 0.3) is 0 Å². The molecule has 0 bridgehead atoms. The van der Waals surface area contributed by atoms with Gasteiger partial charge in [0.25, 0.3) is 0 Å². The molecule has 0 spiro atoms. The highest BCUT2D eigenvalue weighted by Gasteiger charge is 2.20. The average Bonchev–Trinajstić information content (AvgIpc) is 2.51. The molecule has 0 radical (unpaired) electrons. The van der Waals surface area contributed by atoms with Gasteiger partial charge in [0.05, 0.1) is 24.2 Å². The topological polar surface area (TPSA) is 63.6 Å². The van der Waals surface area contributed by atoms with E-state index in [1.54, 1.807) is 30.3 Å². The first-order valence-corrected chi connectivity index (χ1v) is 8.00. The fourth-order valence-corrected chi connectivity index (χ4v) is 2.57. The van der Waals surface area contributed by atoms with Crippen LogP contribution in [0.3, 0.4) is 0 Å². The van der Waals surface area contributed by atoms with Crippen molar-refractivity contribution < 1.29 is 19.4 Å². The lowest BCUT2D eigenvalue weighted by Crippen LogP contribution is -2.11. The minimum absolute atomic E-state index is 0.118. The molecule has 0 aromatic heterocycles. The van der Waals surface area contributed by atoms with E-state index in [-0.39, 0.29) is 23.5 Å². The van der Waals surface area contributed by atoms with Crippen molar-refractivity contribution in [3.8, 4) is 11.5 Å². The van der Waals surface area contributed by atoms with E-state index in [2.05, 4.69) is 15.9 Å². The Morgan fingerprint density at radius 3 is 2.48 bits per heavy atom. The van der Waals surface area contributed by atoms with Crippen molar-refractivity contribution in [1.29, 1.82) is 0 Å². The third kappa shape index (κ3) is 4.20. The largest absolute Gasteiger partial charge is 0.507 e. The van der Waals surface area contributed by atoms with Crippen LogP contribution >= 0.6 is 15.9 Å². The molecular weight excluding hydrogens is 360 g/mol. The number of ketones is 2. The number of carbonyl (C=O) groups excluding carboxylic acids is 2. The Bertz CT molecular complexity index is 753. The number of rotatable bonds is 6. The molecule has 0 heterocycles. The summed E-state index contributed by atoms with van der Waals surface area (Å²) in [6, 6.07) is 9.84. The zero-order valence-corrected chi connectivity index (χ0v) is 14.5. The van der Waals surface area contributed by atoms with E-state index in [1.165, 1.54) is 6.07 Å². The maximum absolute atomic E-state index is 12.5. The van der Waals surface area contributed by atoms with Gasteiger partial charge in [-0.3, -0.25) is 9.59 Å². The van der Waals surface area contributed by atoms with Gasteiger partial charge in [0, 0.05) is 4.47 Å². The van der Waals surface area contributed by atoms with E-state index >= 15 is 0 Å². The van der Waals surface area contributed by atoms with Gasteiger partial charge in [-0.25, -0.2) is 0 Å². The maximum Gasteiger partial charge on any atom is 0.174 e. The molecule has 0 amide bonds. The number of benzene rings is 2. The lowest BCUT2D eigenvalue weighted by atomic mass is 9.99. The second-order valence-electron chi connectivity index (χ2n) is 5.12. The Labute approximate surface area is 143 Å². The second-order valence-corrected chi connectivity index (χ2v) is 6.03. The molecular formula is C18H17BrO4. The van der Waals surface area contributed by atoms with Gasteiger partial charge in [-0.1, -0.05) is 27.6 Å². The Morgan fingerprint density at radius 2 is 1.78 bits per heavy atom. The highest BCUT2D eigenvalue weighted by Crippen LogP contribution is 2.26. The van der Waals surface area contributed by atoms with Gasteiger partial charge in [-0.05, 0) is 44.2 Å². The van der Waals surface area contributed by atoms with E-state index in [1.807, 2.05) is 13.8 Å². The molecule has 2 rings (SSSR count). The summed E-state index contributed by atoms with van der Waals surface area (Å²) >= 11 is 3.32. The third-order valence-corrected chi connectivity index (χ3v) is 3.81. The van der Waals surface area contributed by atoms with Gasteiger partial charge < -0.3 is 9.84 Å². The van der Waals surface area contributed by atoms with E-state index in [9.17, 15) is 14.7 Å². The maximum atomic E-state index is 12.5. The van der Waals surface area contributed by atoms with E-state index in [0.29, 0.717) is 17.9 Å². The zero-order valence-electron chi connectivity index (χ0n) is 12.9. The lowest BCUT2D eigenvalue weighted by molar-refractivity contribution is 0.0891. The Balaban J connectivity index is 2.26. The second kappa shape index (κ2) is 7.42. The van der Waals surface area contributed by atoms with E-state index < -0.39 is 5.78 Å². The first-order valence-electron chi connectivity index (χ1n) is 7.20. The van der Waals surface area contributed by atoms with Crippen molar-refractivity contribution in [3.63, 3.8) is 0 Å². The predicted molar refractivity (Wildman–Crippen MR) is 91.4 cm³/mol. The van der Waals surface area contributed by atoms with Crippen molar-refractivity contribution in [3.05, 3.63) is 57.6 Å². The first-order chi connectivity index (χ1) is 10.9. The molecule has 0 atom stereocenters. The number of aryl methyl sites for hydroxylation is 1. The number of phenols is 1. The van der Waals surface area contributed by atoms with Crippen LogP contribution in [0.1, 0.15) is 39.6 Å². The first kappa shape index (κ1) is 17.2. The highest BCUT2D eigenvalue weighted by molar-refractivity contribution is 9.10. The molecule has 23 heavy (non-hydrogen) atoms. The summed E-state index contributed by atoms with van der Waals surface area (Å²) in [6.07, 6.45) is -0.326. The summed E-state index contributed by atoms with van der Waals surface area (Å²) in [5, 5.41) is 9.81. The van der Waals surface area contributed by atoms with Crippen LogP contribution in [-0.4, -0.2) is 23.3 Å². The smallest absolute Gasteiger partial charge is 0.174 e. The highest BCUT2D eigenvalue weighted by atomic mass is 79.9. The predicted octanol–water partition coefficient (Wildman–Crippen LogP) is 4.32. The number of phenolic OH excluding ortho intramolecular Hbond substituents is 1. The van der Waals surface area contributed by atoms with Crippen LogP contribution in [0.4, 0.5) is 0 Å². The Hall–Kier alpha value is -2.14. The van der Waals surface area contributed by atoms with Crippen molar-refractivity contribution in [1.82, 2.24) is 0 Å². The number of hydrogen-bond donors (Lipinski definition) is 1. The summed E-state index contributed by atoms with van der Waals surface area (Å²) < 4.78 is 6.17. The fourth-order valence-electron chi connectivity index (χ4n) is 2.21. The SMILES string of the molecule is CCOc1ccc(Br)cc1C(=O)CC(=O)c1cc(C)ccc1O. The van der Waals surface area contributed by atoms with Gasteiger partial charge in [0.2, 0.25) is 0 Å². The summed E-state index contributed by atoms with van der Waals surface area (Å²) in [5.74, 6) is -0.436. The number of hydrogen-bond acceptors (Lipinski definition) is 4. The number of ether oxygens (including phenoxy) is 1. The van der Waals surface area contributed by atoms with Gasteiger partial charge >= 0.3 is 0 Å². The molecule has 120 valence electrons. The molecule has 5 heteroatoms. The Morgan fingerprint density at radius 1 is 1.09 bits per heavy atom. The fraction of sp³-hybridized carbons (Fsp3) is 0.222. The summed E-state index contributed by atoms with van der Waals surface area (Å²) in [4.78, 5) is 24.8. The Kier molecular flexibility index (Phi) is 5.55. The van der Waals surface area contributed by atoms with Crippen molar-refractivity contribution in [2.45, 2.75) is 20.3 Å². The number of aromatic hydroxyl groups is 1. The van der Waals surface area contributed by atoms with Gasteiger partial charge in [0.15, 0.2) is 11.6 Å². The molecule has 2 aromatic rings. The lowest BCUT2D eigenvalue weighted by Gasteiger charge is -2.10. The zero-order chi connectivity index (χ0) is 17.0. The van der Waals surface area contributed by atoms with E-state index in [4.69, 9.17) is 4.74 Å². The quantitative estimate of drug-likeness (QED) is 0.602. The summed E-state index contributed by atoms with van der Waals surface area (Å²) in [5.41, 5.74) is 1.35. The average molecular weight is 377 g/mol.